The first kappa shape index (κ1) is 15.0. The van der Waals surface area contributed by atoms with E-state index in [0.29, 0.717) is 6.42 Å². The monoisotopic (exact) mass is 296 g/mol. The highest BCUT2D eigenvalue weighted by molar-refractivity contribution is 5.65. The van der Waals surface area contributed by atoms with Crippen LogP contribution in [0.25, 0.3) is 0 Å². The van der Waals surface area contributed by atoms with Crippen LogP contribution in [0.3, 0.4) is 0 Å². The third-order valence-corrected chi connectivity index (χ3v) is 4.47. The maximum absolute atomic E-state index is 11.0. The highest BCUT2D eigenvalue weighted by atomic mass is 16.8. The third-order valence-electron chi connectivity index (χ3n) is 4.47. The minimum absolute atomic E-state index is 0.269. The lowest BCUT2D eigenvalue weighted by Gasteiger charge is -2.45. The van der Waals surface area contributed by atoms with Crippen molar-refractivity contribution in [2.45, 2.75) is 69.5 Å². The van der Waals surface area contributed by atoms with Gasteiger partial charge < -0.3 is 18.9 Å². The SMILES string of the molecule is CC(=O)OC[C@@]1(C)CC[C@]2(CC=C[C@]3(CCCCO3)O2)O1. The Morgan fingerprint density at radius 3 is 2.81 bits per heavy atom. The fourth-order valence-electron chi connectivity index (χ4n) is 3.39. The molecule has 3 aliphatic rings. The van der Waals surface area contributed by atoms with Gasteiger partial charge in [-0.1, -0.05) is 6.08 Å². The van der Waals surface area contributed by atoms with Crippen molar-refractivity contribution in [1.82, 2.24) is 0 Å². The zero-order valence-electron chi connectivity index (χ0n) is 12.9. The minimum atomic E-state index is -0.638. The fourth-order valence-corrected chi connectivity index (χ4v) is 3.39. The van der Waals surface area contributed by atoms with Crippen molar-refractivity contribution < 1.29 is 23.7 Å². The molecule has 0 aromatic carbocycles. The number of esters is 1. The molecule has 2 spiro atoms. The number of hydrogen-bond acceptors (Lipinski definition) is 5. The van der Waals surface area contributed by atoms with Gasteiger partial charge in [0.25, 0.3) is 0 Å². The van der Waals surface area contributed by atoms with E-state index < -0.39 is 17.2 Å². The van der Waals surface area contributed by atoms with Gasteiger partial charge in [-0.15, -0.1) is 0 Å². The Morgan fingerprint density at radius 2 is 2.10 bits per heavy atom. The molecule has 21 heavy (non-hydrogen) atoms. The van der Waals surface area contributed by atoms with Crippen LogP contribution in [0.5, 0.6) is 0 Å². The van der Waals surface area contributed by atoms with Gasteiger partial charge in [0, 0.05) is 26.2 Å². The second-order valence-corrected chi connectivity index (χ2v) is 6.57. The Balaban J connectivity index is 1.69. The molecule has 0 aliphatic carbocycles. The molecule has 2 fully saturated rings. The van der Waals surface area contributed by atoms with Crippen LogP contribution in [0, 0.1) is 0 Å². The van der Waals surface area contributed by atoms with Crippen molar-refractivity contribution >= 4 is 5.97 Å². The van der Waals surface area contributed by atoms with Crippen LogP contribution in [0.1, 0.15) is 52.4 Å². The van der Waals surface area contributed by atoms with E-state index in [0.717, 1.165) is 38.7 Å². The predicted molar refractivity (Wildman–Crippen MR) is 75.5 cm³/mol. The van der Waals surface area contributed by atoms with Gasteiger partial charge >= 0.3 is 5.97 Å². The summed E-state index contributed by atoms with van der Waals surface area (Å²) in [6.07, 6.45) is 9.50. The van der Waals surface area contributed by atoms with Gasteiger partial charge in [-0.3, -0.25) is 4.79 Å². The largest absolute Gasteiger partial charge is 0.463 e. The van der Waals surface area contributed by atoms with E-state index in [9.17, 15) is 4.79 Å². The Hall–Kier alpha value is -0.910. The average Bonchev–Trinajstić information content (AvgIpc) is 2.75. The van der Waals surface area contributed by atoms with E-state index in [4.69, 9.17) is 18.9 Å². The minimum Gasteiger partial charge on any atom is -0.463 e. The molecule has 0 aromatic rings. The van der Waals surface area contributed by atoms with Crippen molar-refractivity contribution in [2.24, 2.45) is 0 Å². The number of ether oxygens (including phenoxy) is 4. The number of rotatable bonds is 2. The Kier molecular flexibility index (Phi) is 3.84. The maximum atomic E-state index is 11.0. The molecule has 0 amide bonds. The molecule has 3 rings (SSSR count). The molecular weight excluding hydrogens is 272 g/mol. The van der Waals surface area contributed by atoms with Crippen LogP contribution >= 0.6 is 0 Å². The molecule has 3 heterocycles. The third kappa shape index (κ3) is 3.15. The molecule has 3 atom stereocenters. The van der Waals surface area contributed by atoms with Crippen LogP contribution in [-0.4, -0.2) is 36.4 Å². The zero-order valence-corrected chi connectivity index (χ0v) is 12.9. The van der Waals surface area contributed by atoms with Gasteiger partial charge in [-0.2, -0.15) is 0 Å². The average molecular weight is 296 g/mol. The second-order valence-electron chi connectivity index (χ2n) is 6.57. The molecule has 0 bridgehead atoms. The molecule has 0 saturated carbocycles. The van der Waals surface area contributed by atoms with Crippen molar-refractivity contribution in [3.05, 3.63) is 12.2 Å². The summed E-state index contributed by atoms with van der Waals surface area (Å²) in [7, 11) is 0. The van der Waals surface area contributed by atoms with Gasteiger partial charge in [-0.05, 0) is 32.3 Å². The van der Waals surface area contributed by atoms with E-state index in [1.54, 1.807) is 0 Å². The van der Waals surface area contributed by atoms with Crippen LogP contribution in [-0.2, 0) is 23.7 Å². The summed E-state index contributed by atoms with van der Waals surface area (Å²) in [6, 6.07) is 0. The number of hydrogen-bond donors (Lipinski definition) is 0. The molecular formula is C16H24O5. The molecule has 3 aliphatic heterocycles. The van der Waals surface area contributed by atoms with Crippen molar-refractivity contribution in [2.75, 3.05) is 13.2 Å². The molecule has 5 heteroatoms. The summed E-state index contributed by atoms with van der Waals surface area (Å²) in [6.45, 7) is 4.38. The predicted octanol–water partition coefficient (Wildman–Crippen LogP) is 2.69. The Labute approximate surface area is 125 Å². The highest BCUT2D eigenvalue weighted by Gasteiger charge is 2.53. The molecule has 0 N–H and O–H groups in total. The van der Waals surface area contributed by atoms with Gasteiger partial charge in [-0.25, -0.2) is 0 Å². The van der Waals surface area contributed by atoms with Gasteiger partial charge in [0.1, 0.15) is 12.2 Å². The summed E-state index contributed by atoms with van der Waals surface area (Å²) >= 11 is 0. The van der Waals surface area contributed by atoms with E-state index in [1.807, 2.05) is 13.0 Å². The van der Waals surface area contributed by atoms with Crippen LogP contribution in [0.15, 0.2) is 12.2 Å². The second kappa shape index (κ2) is 5.38. The van der Waals surface area contributed by atoms with E-state index in [1.165, 1.54) is 6.92 Å². The highest BCUT2D eigenvalue weighted by Crippen LogP contribution is 2.47. The van der Waals surface area contributed by atoms with Crippen molar-refractivity contribution in [1.29, 1.82) is 0 Å². The molecule has 0 aromatic heterocycles. The summed E-state index contributed by atoms with van der Waals surface area (Å²) in [5.74, 6) is -1.54. The fraction of sp³-hybridized carbons (Fsp3) is 0.812. The number of carbonyl (C=O) groups is 1. The molecule has 2 saturated heterocycles. The lowest BCUT2D eigenvalue weighted by Crippen LogP contribution is -2.50. The topological polar surface area (TPSA) is 54.0 Å². The summed E-state index contributed by atoms with van der Waals surface area (Å²) in [4.78, 5) is 11.0. The van der Waals surface area contributed by atoms with Crippen LogP contribution < -0.4 is 0 Å². The zero-order chi connectivity index (χ0) is 15.0. The van der Waals surface area contributed by atoms with Crippen LogP contribution in [0.4, 0.5) is 0 Å². The lowest BCUT2D eigenvalue weighted by molar-refractivity contribution is -0.358. The van der Waals surface area contributed by atoms with Gasteiger partial charge in [0.05, 0.1) is 6.61 Å². The smallest absolute Gasteiger partial charge is 0.302 e. The quantitative estimate of drug-likeness (QED) is 0.579. The first-order valence-electron chi connectivity index (χ1n) is 7.80. The Morgan fingerprint density at radius 1 is 1.24 bits per heavy atom. The summed E-state index contributed by atoms with van der Waals surface area (Å²) < 4.78 is 23.5. The number of carbonyl (C=O) groups excluding carboxylic acids is 1. The standard InChI is InChI=1S/C16H24O5/c1-13(17)18-12-14(2)9-10-16(20-14)8-5-7-15(21-16)6-3-4-11-19-15/h5,7H,3-4,6,8-12H2,1-2H3/t14-,15+,16-/m1/s1. The summed E-state index contributed by atoms with van der Waals surface area (Å²) in [5, 5.41) is 0. The van der Waals surface area contributed by atoms with Crippen LogP contribution in [0.2, 0.25) is 0 Å². The molecule has 0 unspecified atom stereocenters. The molecule has 0 radical (unpaired) electrons. The Bertz CT molecular complexity index is 440. The summed E-state index contributed by atoms with van der Waals surface area (Å²) in [5.41, 5.74) is -0.479. The molecule has 118 valence electrons. The van der Waals surface area contributed by atoms with Gasteiger partial charge in [0.2, 0.25) is 0 Å². The van der Waals surface area contributed by atoms with E-state index in [2.05, 4.69) is 6.08 Å². The first-order chi connectivity index (χ1) is 9.95. The van der Waals surface area contributed by atoms with E-state index in [-0.39, 0.29) is 12.6 Å². The van der Waals surface area contributed by atoms with Gasteiger partial charge in [0.15, 0.2) is 11.6 Å². The first-order valence-corrected chi connectivity index (χ1v) is 7.80. The maximum Gasteiger partial charge on any atom is 0.302 e. The molecule has 5 nitrogen and oxygen atoms in total. The normalized spacial score (nSPS) is 42.6. The lowest BCUT2D eigenvalue weighted by atomic mass is 9.97. The van der Waals surface area contributed by atoms with Crippen molar-refractivity contribution in [3.8, 4) is 0 Å². The van der Waals surface area contributed by atoms with Crippen molar-refractivity contribution in [3.63, 3.8) is 0 Å². The van der Waals surface area contributed by atoms with E-state index >= 15 is 0 Å².